The third kappa shape index (κ3) is 82.0. The Morgan fingerprint density at radius 3 is 0.429 bits per heavy atom. The minimum atomic E-state index is 0. The van der Waals surface area contributed by atoms with Gasteiger partial charge in [0.05, 0.1) is 0 Å². The molecule has 0 atom stereocenters. The molecule has 0 aromatic heterocycles. The molecule has 7 heavy (non-hydrogen) atoms. The maximum absolute atomic E-state index is 0. The molecule has 0 spiro atoms. The third-order valence-electron chi connectivity index (χ3n) is 0. The van der Waals surface area contributed by atoms with Gasteiger partial charge in [-0.05, 0) is 0 Å². The Bertz CT molecular complexity index is 8.04. The second-order valence-electron chi connectivity index (χ2n) is 0. The van der Waals surface area contributed by atoms with Gasteiger partial charge in [0.2, 0.25) is 0 Å². The van der Waals surface area contributed by atoms with Gasteiger partial charge in [0.25, 0.3) is 0 Å². The van der Waals surface area contributed by atoms with Gasteiger partial charge in [0.15, 0.2) is 0 Å². The van der Waals surface area contributed by atoms with Crippen molar-refractivity contribution in [1.29, 1.82) is 0 Å². The minimum absolute atomic E-state index is 0. The van der Waals surface area contributed by atoms with Crippen LogP contribution in [0.15, 0.2) is 0 Å². The summed E-state index contributed by atoms with van der Waals surface area (Å²) in [5, 5.41) is 0. The van der Waals surface area contributed by atoms with E-state index < -0.39 is 0 Å². The molecule has 0 nitrogen and oxygen atoms in total. The Kier molecular flexibility index (Phi) is 2710. The molecule has 0 bridgehead atoms. The van der Waals surface area contributed by atoms with Crippen molar-refractivity contribution in [1.82, 2.24) is 0 Å². The molecule has 0 N–H and O–H groups in total. The molecule has 0 aliphatic carbocycles. The molecule has 0 rings (SSSR count). The van der Waals surface area contributed by atoms with E-state index >= 15 is 0 Å². The summed E-state index contributed by atoms with van der Waals surface area (Å²) in [4.78, 5) is 0. The van der Waals surface area contributed by atoms with Gasteiger partial charge in [-0.1, -0.05) is 0 Å². The summed E-state index contributed by atoms with van der Waals surface area (Å²) in [6.07, 6.45) is 0. The Hall–Kier alpha value is 1.78. The van der Waals surface area contributed by atoms with Gasteiger partial charge in [-0.25, -0.2) is 0 Å². The standard InChI is InChI=1S/Ca.5FH.Sc/h;5*1H;/q+2;;;;;;+3/p-5. The van der Waals surface area contributed by atoms with Crippen LogP contribution in [-0.2, 0) is 25.8 Å². The predicted molar refractivity (Wildman–Crippen MR) is 5.75 cm³/mol. The zero-order chi connectivity index (χ0) is 0. The Labute approximate surface area is 86.0 Å². The molecule has 0 aliphatic heterocycles. The van der Waals surface area contributed by atoms with Crippen LogP contribution in [0.25, 0.3) is 0 Å². The Morgan fingerprint density at radius 1 is 0.429 bits per heavy atom. The number of hydrogen-bond donors (Lipinski definition) is 0. The maximum Gasteiger partial charge on any atom is 3.00 e. The average Bonchev–Trinajstić information content (AvgIpc) is 0. The number of hydrogen-bond acceptors (Lipinski definition) is 0. The van der Waals surface area contributed by atoms with Gasteiger partial charge in [-0.15, -0.1) is 0 Å². The van der Waals surface area contributed by atoms with Crippen molar-refractivity contribution >= 4 is 37.7 Å². The second-order valence-corrected chi connectivity index (χ2v) is 0. The molecule has 0 saturated carbocycles. The average molecular weight is 180 g/mol. The van der Waals surface area contributed by atoms with Crippen LogP contribution in [0.1, 0.15) is 0 Å². The van der Waals surface area contributed by atoms with E-state index in [4.69, 9.17) is 0 Å². The van der Waals surface area contributed by atoms with Crippen LogP contribution < -0.4 is 23.5 Å². The Morgan fingerprint density at radius 2 is 0.429 bits per heavy atom. The molecular formula is CaF5Sc. The summed E-state index contributed by atoms with van der Waals surface area (Å²) >= 11 is 0. The summed E-state index contributed by atoms with van der Waals surface area (Å²) < 4.78 is 0. The van der Waals surface area contributed by atoms with Crippen molar-refractivity contribution < 1.29 is 49.4 Å². The van der Waals surface area contributed by atoms with Gasteiger partial charge in [0, 0.05) is 0 Å². The third-order valence-corrected chi connectivity index (χ3v) is 0. The van der Waals surface area contributed by atoms with Crippen LogP contribution in [0.3, 0.4) is 0 Å². The quantitative estimate of drug-likeness (QED) is 0.256. The molecule has 7 heteroatoms. The molecule has 40 valence electrons. The van der Waals surface area contributed by atoms with Crippen molar-refractivity contribution in [2.24, 2.45) is 0 Å². The first kappa shape index (κ1) is 168. The van der Waals surface area contributed by atoms with E-state index in [9.17, 15) is 0 Å². The van der Waals surface area contributed by atoms with Crippen molar-refractivity contribution in [3.8, 4) is 0 Å². The van der Waals surface area contributed by atoms with Crippen LogP contribution >= 0.6 is 0 Å². The number of halogens is 5. The zero-order valence-electron chi connectivity index (χ0n) is 3.17. The molecule has 0 amide bonds. The maximum atomic E-state index is 0. The van der Waals surface area contributed by atoms with Crippen LogP contribution in [-0.4, -0.2) is 37.7 Å². The summed E-state index contributed by atoms with van der Waals surface area (Å²) in [7, 11) is 0. The minimum Gasteiger partial charge on any atom is -1.00 e. The first-order valence-electron chi connectivity index (χ1n) is 0. The van der Waals surface area contributed by atoms with Gasteiger partial charge in [0.1, 0.15) is 0 Å². The van der Waals surface area contributed by atoms with Crippen molar-refractivity contribution in [3.63, 3.8) is 0 Å². The van der Waals surface area contributed by atoms with Gasteiger partial charge >= 0.3 is 63.6 Å². The first-order chi connectivity index (χ1) is 0. The van der Waals surface area contributed by atoms with E-state index in [-0.39, 0.29) is 87.1 Å². The largest absolute Gasteiger partial charge is 3.00 e. The molecule has 0 heterocycles. The summed E-state index contributed by atoms with van der Waals surface area (Å²) in [6.45, 7) is 0. The molecule has 0 radical (unpaired) electrons. The van der Waals surface area contributed by atoms with E-state index in [0.29, 0.717) is 0 Å². The summed E-state index contributed by atoms with van der Waals surface area (Å²) in [5.74, 6) is 0. The van der Waals surface area contributed by atoms with Crippen LogP contribution in [0, 0.1) is 0 Å². The SMILES string of the molecule is [Ca+2].[F-].[F-].[F-].[F-].[F-].[Sc+3]. The van der Waals surface area contributed by atoms with E-state index in [1.165, 1.54) is 0 Å². The fourth-order valence-electron chi connectivity index (χ4n) is 0. The molecule has 0 unspecified atom stereocenters. The van der Waals surface area contributed by atoms with E-state index in [2.05, 4.69) is 0 Å². The first-order valence-corrected chi connectivity index (χ1v) is 0. The summed E-state index contributed by atoms with van der Waals surface area (Å²) in [6, 6.07) is 0. The normalized spacial score (nSPS) is 0. The zero-order valence-corrected chi connectivity index (χ0v) is 7.19. The monoisotopic (exact) mass is 180 g/mol. The topological polar surface area (TPSA) is 0 Å². The van der Waals surface area contributed by atoms with E-state index in [1.807, 2.05) is 0 Å². The fraction of sp³-hybridized carbons (Fsp3) is 0. The Balaban J connectivity index is 0. The van der Waals surface area contributed by atoms with E-state index in [1.54, 1.807) is 0 Å². The molecule has 0 aromatic carbocycles. The smallest absolute Gasteiger partial charge is 1.00 e. The summed E-state index contributed by atoms with van der Waals surface area (Å²) in [5.41, 5.74) is 0. The fourth-order valence-corrected chi connectivity index (χ4v) is 0. The van der Waals surface area contributed by atoms with E-state index in [0.717, 1.165) is 0 Å². The van der Waals surface area contributed by atoms with Gasteiger partial charge < -0.3 is 23.5 Å². The van der Waals surface area contributed by atoms with Crippen LogP contribution in [0.2, 0.25) is 0 Å². The molecule has 0 fully saturated rings. The van der Waals surface area contributed by atoms with Crippen molar-refractivity contribution in [2.75, 3.05) is 0 Å². The predicted octanol–water partition coefficient (Wildman–Crippen LogP) is -15.4. The molecule has 0 aromatic rings. The second kappa shape index (κ2) is 113. The molecule has 0 aliphatic rings. The van der Waals surface area contributed by atoms with Crippen LogP contribution in [0.5, 0.6) is 0 Å². The van der Waals surface area contributed by atoms with Gasteiger partial charge in [-0.2, -0.15) is 0 Å². The molecule has 0 saturated heterocycles. The van der Waals surface area contributed by atoms with Crippen LogP contribution in [0.4, 0.5) is 0 Å². The van der Waals surface area contributed by atoms with Gasteiger partial charge in [-0.3, -0.25) is 0 Å². The number of rotatable bonds is 0. The van der Waals surface area contributed by atoms with Crippen molar-refractivity contribution in [3.05, 3.63) is 0 Å². The van der Waals surface area contributed by atoms with Crippen molar-refractivity contribution in [2.45, 2.75) is 0 Å². The molecular weight excluding hydrogens is 180 g/mol.